The van der Waals surface area contributed by atoms with Gasteiger partial charge >= 0.3 is 0 Å². The molecule has 0 radical (unpaired) electrons. The van der Waals surface area contributed by atoms with Crippen molar-refractivity contribution in [2.24, 2.45) is 0 Å². The van der Waals surface area contributed by atoms with E-state index in [9.17, 15) is 4.79 Å². The summed E-state index contributed by atoms with van der Waals surface area (Å²) >= 11 is 6.12. The first-order valence-corrected chi connectivity index (χ1v) is 5.87. The first kappa shape index (κ1) is 13.8. The third kappa shape index (κ3) is 4.27. The molecule has 1 aromatic carbocycles. The summed E-state index contributed by atoms with van der Waals surface area (Å²) in [6.45, 7) is 5.75. The smallest absolute Gasteiger partial charge is 0.243 e. The van der Waals surface area contributed by atoms with Gasteiger partial charge in [0.25, 0.3) is 0 Å². The molecule has 1 N–H and O–H groups in total. The Bertz CT molecular complexity index is 399. The van der Waals surface area contributed by atoms with Gasteiger partial charge in [-0.15, -0.1) is 11.6 Å². The SMILES string of the molecule is COc1cccc(C(Cl)C(=O)NC(C)(C)C)c1. The maximum absolute atomic E-state index is 11.9. The van der Waals surface area contributed by atoms with E-state index in [1.807, 2.05) is 39.0 Å². The average molecular weight is 256 g/mol. The van der Waals surface area contributed by atoms with Gasteiger partial charge in [-0.2, -0.15) is 0 Å². The summed E-state index contributed by atoms with van der Waals surface area (Å²) in [5.41, 5.74) is 0.441. The summed E-state index contributed by atoms with van der Waals surface area (Å²) in [7, 11) is 1.58. The molecule has 94 valence electrons. The molecule has 0 saturated heterocycles. The first-order valence-electron chi connectivity index (χ1n) is 5.43. The van der Waals surface area contributed by atoms with Gasteiger partial charge in [0.2, 0.25) is 5.91 Å². The van der Waals surface area contributed by atoms with Crippen molar-refractivity contribution in [3.8, 4) is 5.75 Å². The number of nitrogens with one attached hydrogen (secondary N) is 1. The second-order valence-electron chi connectivity index (χ2n) is 4.88. The largest absolute Gasteiger partial charge is 0.497 e. The minimum absolute atomic E-state index is 0.201. The number of carbonyl (C=O) groups is 1. The van der Waals surface area contributed by atoms with Crippen molar-refractivity contribution in [2.75, 3.05) is 7.11 Å². The molecule has 1 aromatic rings. The van der Waals surface area contributed by atoms with E-state index in [2.05, 4.69) is 5.32 Å². The fourth-order valence-electron chi connectivity index (χ4n) is 1.38. The van der Waals surface area contributed by atoms with Gasteiger partial charge in [-0.25, -0.2) is 0 Å². The molecule has 0 aliphatic carbocycles. The lowest BCUT2D eigenvalue weighted by Gasteiger charge is -2.22. The number of ether oxygens (including phenoxy) is 1. The Balaban J connectivity index is 2.81. The Kier molecular flexibility index (Phi) is 4.40. The molecular weight excluding hydrogens is 238 g/mol. The number of benzene rings is 1. The summed E-state index contributed by atoms with van der Waals surface area (Å²) in [6.07, 6.45) is 0. The minimum Gasteiger partial charge on any atom is -0.497 e. The fourth-order valence-corrected chi connectivity index (χ4v) is 1.57. The summed E-state index contributed by atoms with van der Waals surface area (Å²) in [5.74, 6) is 0.490. The summed E-state index contributed by atoms with van der Waals surface area (Å²) in [4.78, 5) is 11.9. The number of hydrogen-bond donors (Lipinski definition) is 1. The monoisotopic (exact) mass is 255 g/mol. The highest BCUT2D eigenvalue weighted by Crippen LogP contribution is 2.24. The van der Waals surface area contributed by atoms with E-state index in [-0.39, 0.29) is 11.4 Å². The third-order valence-electron chi connectivity index (χ3n) is 2.11. The molecule has 0 bridgehead atoms. The number of alkyl halides is 1. The Morgan fingerprint density at radius 3 is 2.59 bits per heavy atom. The van der Waals surface area contributed by atoms with Crippen molar-refractivity contribution in [3.63, 3.8) is 0 Å². The van der Waals surface area contributed by atoms with Crippen LogP contribution in [0.25, 0.3) is 0 Å². The van der Waals surface area contributed by atoms with Crippen LogP contribution in [0.5, 0.6) is 5.75 Å². The van der Waals surface area contributed by atoms with Crippen molar-refractivity contribution >= 4 is 17.5 Å². The quantitative estimate of drug-likeness (QED) is 0.844. The Morgan fingerprint density at radius 2 is 2.06 bits per heavy atom. The second-order valence-corrected chi connectivity index (χ2v) is 5.31. The van der Waals surface area contributed by atoms with Crippen LogP contribution < -0.4 is 10.1 Å². The molecule has 0 aromatic heterocycles. The molecule has 17 heavy (non-hydrogen) atoms. The Labute approximate surface area is 107 Å². The molecule has 0 heterocycles. The summed E-state index contributed by atoms with van der Waals surface area (Å²) < 4.78 is 5.10. The molecule has 0 aliphatic rings. The van der Waals surface area contributed by atoms with E-state index in [1.54, 1.807) is 13.2 Å². The number of carbonyl (C=O) groups excluding carboxylic acids is 1. The Morgan fingerprint density at radius 1 is 1.41 bits per heavy atom. The summed E-state index contributed by atoms with van der Waals surface area (Å²) in [5, 5.41) is 2.14. The fraction of sp³-hybridized carbons (Fsp3) is 0.462. The van der Waals surface area contributed by atoms with Gasteiger partial charge < -0.3 is 10.1 Å². The molecule has 4 heteroatoms. The van der Waals surface area contributed by atoms with Gasteiger partial charge in [-0.1, -0.05) is 12.1 Å². The zero-order valence-electron chi connectivity index (χ0n) is 10.6. The second kappa shape index (κ2) is 5.41. The topological polar surface area (TPSA) is 38.3 Å². The minimum atomic E-state index is -0.704. The first-order chi connectivity index (χ1) is 7.83. The van der Waals surface area contributed by atoms with Crippen LogP contribution >= 0.6 is 11.6 Å². The highest BCUT2D eigenvalue weighted by atomic mass is 35.5. The number of methoxy groups -OCH3 is 1. The Hall–Kier alpha value is -1.22. The van der Waals surface area contributed by atoms with Crippen molar-refractivity contribution in [1.29, 1.82) is 0 Å². The molecule has 3 nitrogen and oxygen atoms in total. The zero-order valence-corrected chi connectivity index (χ0v) is 11.3. The third-order valence-corrected chi connectivity index (χ3v) is 2.57. The van der Waals surface area contributed by atoms with Gasteiger partial charge in [0.15, 0.2) is 0 Å². The molecule has 1 atom stereocenters. The van der Waals surface area contributed by atoms with Gasteiger partial charge in [-0.05, 0) is 38.5 Å². The lowest BCUT2D eigenvalue weighted by atomic mass is 10.1. The van der Waals surface area contributed by atoms with Crippen molar-refractivity contribution in [1.82, 2.24) is 5.32 Å². The van der Waals surface area contributed by atoms with E-state index in [0.717, 1.165) is 5.56 Å². The normalized spacial score (nSPS) is 13.0. The lowest BCUT2D eigenvalue weighted by Crippen LogP contribution is -2.42. The molecule has 1 amide bonds. The molecule has 0 fully saturated rings. The van der Waals surface area contributed by atoms with E-state index in [1.165, 1.54) is 0 Å². The summed E-state index contributed by atoms with van der Waals surface area (Å²) in [6, 6.07) is 7.20. The van der Waals surface area contributed by atoms with Gasteiger partial charge in [0.05, 0.1) is 7.11 Å². The number of rotatable bonds is 3. The van der Waals surface area contributed by atoms with E-state index < -0.39 is 5.38 Å². The van der Waals surface area contributed by atoms with Crippen LogP contribution in [0.4, 0.5) is 0 Å². The van der Waals surface area contributed by atoms with E-state index >= 15 is 0 Å². The van der Waals surface area contributed by atoms with Gasteiger partial charge in [-0.3, -0.25) is 4.79 Å². The molecule has 0 saturated carbocycles. The van der Waals surface area contributed by atoms with Crippen molar-refractivity contribution in [2.45, 2.75) is 31.7 Å². The van der Waals surface area contributed by atoms with Crippen LogP contribution in [-0.2, 0) is 4.79 Å². The maximum Gasteiger partial charge on any atom is 0.243 e. The van der Waals surface area contributed by atoms with Gasteiger partial charge in [0.1, 0.15) is 11.1 Å². The molecule has 1 rings (SSSR count). The molecule has 1 unspecified atom stereocenters. The van der Waals surface area contributed by atoms with E-state index in [0.29, 0.717) is 5.75 Å². The van der Waals surface area contributed by atoms with Crippen molar-refractivity contribution < 1.29 is 9.53 Å². The molecular formula is C13H18ClNO2. The van der Waals surface area contributed by atoms with Gasteiger partial charge in [0, 0.05) is 5.54 Å². The lowest BCUT2D eigenvalue weighted by molar-refractivity contribution is -0.122. The highest BCUT2D eigenvalue weighted by molar-refractivity contribution is 6.30. The number of halogens is 1. The van der Waals surface area contributed by atoms with Crippen LogP contribution in [0.3, 0.4) is 0 Å². The van der Waals surface area contributed by atoms with Crippen LogP contribution in [-0.4, -0.2) is 18.6 Å². The highest BCUT2D eigenvalue weighted by Gasteiger charge is 2.22. The van der Waals surface area contributed by atoms with Crippen molar-refractivity contribution in [3.05, 3.63) is 29.8 Å². The van der Waals surface area contributed by atoms with Crippen LogP contribution in [0.15, 0.2) is 24.3 Å². The molecule has 0 aliphatic heterocycles. The predicted octanol–water partition coefficient (Wildman–Crippen LogP) is 2.89. The van der Waals surface area contributed by atoms with Crippen LogP contribution in [0, 0.1) is 0 Å². The number of amides is 1. The van der Waals surface area contributed by atoms with Crippen LogP contribution in [0.1, 0.15) is 31.7 Å². The maximum atomic E-state index is 11.9. The number of hydrogen-bond acceptors (Lipinski definition) is 2. The predicted molar refractivity (Wildman–Crippen MR) is 69.5 cm³/mol. The van der Waals surface area contributed by atoms with E-state index in [4.69, 9.17) is 16.3 Å². The molecule has 0 spiro atoms. The zero-order chi connectivity index (χ0) is 13.1. The average Bonchev–Trinajstić information content (AvgIpc) is 2.26. The standard InChI is InChI=1S/C13H18ClNO2/c1-13(2,3)15-12(16)11(14)9-6-5-7-10(8-9)17-4/h5-8,11H,1-4H3,(H,15,16). The van der Waals surface area contributed by atoms with Crippen LogP contribution in [0.2, 0.25) is 0 Å².